The van der Waals surface area contributed by atoms with Crippen molar-refractivity contribution in [1.82, 2.24) is 15.3 Å². The summed E-state index contributed by atoms with van der Waals surface area (Å²) in [6, 6.07) is 0. The highest BCUT2D eigenvalue weighted by Gasteiger charge is 2.29. The Labute approximate surface area is 92.8 Å². The number of rotatable bonds is 1. The Morgan fingerprint density at radius 2 is 1.53 bits per heavy atom. The van der Waals surface area contributed by atoms with E-state index in [1.165, 1.54) is 38.9 Å². The number of hydrogen-bond donors (Lipinski definition) is 2. The highest BCUT2D eigenvalue weighted by atomic mass is 15.6. The fourth-order valence-corrected chi connectivity index (χ4v) is 2.66. The van der Waals surface area contributed by atoms with Crippen LogP contribution in [0, 0.1) is 0 Å². The van der Waals surface area contributed by atoms with Gasteiger partial charge in [-0.15, -0.1) is 0 Å². The highest BCUT2D eigenvalue weighted by Crippen LogP contribution is 2.20. The van der Waals surface area contributed by atoms with Gasteiger partial charge in [0.15, 0.2) is 0 Å². The molecule has 2 rings (SSSR count). The molecule has 0 aromatic heterocycles. The van der Waals surface area contributed by atoms with Crippen molar-refractivity contribution in [2.24, 2.45) is 5.73 Å². The topological polar surface area (TPSA) is 44.5 Å². The summed E-state index contributed by atoms with van der Waals surface area (Å²) in [6.07, 6.45) is 6.05. The second-order valence-corrected chi connectivity index (χ2v) is 4.87. The molecule has 4 heteroatoms. The van der Waals surface area contributed by atoms with E-state index >= 15 is 0 Å². The first-order valence-corrected chi connectivity index (χ1v) is 6.21. The van der Waals surface area contributed by atoms with Crippen LogP contribution in [-0.4, -0.2) is 48.9 Å². The second kappa shape index (κ2) is 4.78. The molecule has 0 aromatic carbocycles. The predicted octanol–water partition coefficient (Wildman–Crippen LogP) is 0.358. The van der Waals surface area contributed by atoms with E-state index in [0.717, 1.165) is 19.4 Å². The van der Waals surface area contributed by atoms with Crippen molar-refractivity contribution in [3.63, 3.8) is 0 Å². The van der Waals surface area contributed by atoms with E-state index in [0.29, 0.717) is 0 Å². The van der Waals surface area contributed by atoms with Gasteiger partial charge in [0.1, 0.15) is 0 Å². The summed E-state index contributed by atoms with van der Waals surface area (Å²) in [5.74, 6) is 0. The van der Waals surface area contributed by atoms with Crippen molar-refractivity contribution in [2.75, 3.05) is 33.2 Å². The van der Waals surface area contributed by atoms with Gasteiger partial charge in [-0.1, -0.05) is 0 Å². The molecule has 1 atom stereocenters. The SMILES string of the molecule is CNC1(N)CCCN2CCCCN2CC1. The van der Waals surface area contributed by atoms with Gasteiger partial charge in [0.2, 0.25) is 0 Å². The van der Waals surface area contributed by atoms with E-state index in [4.69, 9.17) is 5.73 Å². The molecule has 2 saturated heterocycles. The van der Waals surface area contributed by atoms with Gasteiger partial charge in [0.05, 0.1) is 5.66 Å². The number of hydrogen-bond acceptors (Lipinski definition) is 4. The quantitative estimate of drug-likeness (QED) is 0.616. The highest BCUT2D eigenvalue weighted by molar-refractivity contribution is 4.84. The summed E-state index contributed by atoms with van der Waals surface area (Å²) in [4.78, 5) is 0. The van der Waals surface area contributed by atoms with Gasteiger partial charge in [0, 0.05) is 26.2 Å². The fraction of sp³-hybridized carbons (Fsp3) is 1.00. The molecule has 0 saturated carbocycles. The summed E-state index contributed by atoms with van der Waals surface area (Å²) >= 11 is 0. The van der Waals surface area contributed by atoms with Crippen LogP contribution in [0.5, 0.6) is 0 Å². The molecular weight excluding hydrogens is 188 g/mol. The summed E-state index contributed by atoms with van der Waals surface area (Å²) in [7, 11) is 1.98. The van der Waals surface area contributed by atoms with E-state index in [2.05, 4.69) is 15.3 Å². The van der Waals surface area contributed by atoms with Crippen molar-refractivity contribution < 1.29 is 0 Å². The summed E-state index contributed by atoms with van der Waals surface area (Å²) in [5, 5.41) is 8.30. The van der Waals surface area contributed by atoms with Gasteiger partial charge in [-0.05, 0) is 39.2 Å². The molecule has 0 amide bonds. The first-order valence-electron chi connectivity index (χ1n) is 6.21. The third kappa shape index (κ3) is 2.69. The summed E-state index contributed by atoms with van der Waals surface area (Å²) in [5.41, 5.74) is 6.16. The first kappa shape index (κ1) is 11.3. The smallest absolute Gasteiger partial charge is 0.0672 e. The molecule has 2 fully saturated rings. The van der Waals surface area contributed by atoms with E-state index in [1.807, 2.05) is 7.05 Å². The van der Waals surface area contributed by atoms with Crippen molar-refractivity contribution in [2.45, 2.75) is 37.8 Å². The summed E-state index contributed by atoms with van der Waals surface area (Å²) in [6.45, 7) is 4.76. The lowest BCUT2D eigenvalue weighted by atomic mass is 9.99. The maximum Gasteiger partial charge on any atom is 0.0672 e. The lowest BCUT2D eigenvalue weighted by Crippen LogP contribution is -2.58. The van der Waals surface area contributed by atoms with Gasteiger partial charge in [-0.25, -0.2) is 10.0 Å². The molecule has 2 heterocycles. The zero-order valence-electron chi connectivity index (χ0n) is 9.84. The monoisotopic (exact) mass is 212 g/mol. The minimum atomic E-state index is -0.135. The van der Waals surface area contributed by atoms with Crippen LogP contribution < -0.4 is 11.1 Å². The molecule has 15 heavy (non-hydrogen) atoms. The van der Waals surface area contributed by atoms with Crippen LogP contribution in [0.15, 0.2) is 0 Å². The van der Waals surface area contributed by atoms with Crippen molar-refractivity contribution in [3.05, 3.63) is 0 Å². The molecule has 0 radical (unpaired) electrons. The Kier molecular flexibility index (Phi) is 3.61. The molecule has 2 aliphatic rings. The van der Waals surface area contributed by atoms with Gasteiger partial charge in [-0.3, -0.25) is 0 Å². The van der Waals surface area contributed by atoms with E-state index in [9.17, 15) is 0 Å². The normalized spacial score (nSPS) is 35.6. The molecule has 4 nitrogen and oxygen atoms in total. The van der Waals surface area contributed by atoms with E-state index in [1.54, 1.807) is 0 Å². The van der Waals surface area contributed by atoms with Gasteiger partial charge in [-0.2, -0.15) is 0 Å². The van der Waals surface area contributed by atoms with E-state index < -0.39 is 0 Å². The summed E-state index contributed by atoms with van der Waals surface area (Å²) < 4.78 is 0. The molecule has 2 aliphatic heterocycles. The largest absolute Gasteiger partial charge is 0.313 e. The van der Waals surface area contributed by atoms with E-state index in [-0.39, 0.29) is 5.66 Å². The Morgan fingerprint density at radius 3 is 2.20 bits per heavy atom. The molecule has 0 spiro atoms. The number of hydrazine groups is 1. The number of nitrogens with one attached hydrogen (secondary N) is 1. The Balaban J connectivity index is 1.95. The third-order valence-electron chi connectivity index (χ3n) is 3.84. The first-order chi connectivity index (χ1) is 7.23. The van der Waals surface area contributed by atoms with Crippen molar-refractivity contribution in [3.8, 4) is 0 Å². The molecule has 0 bridgehead atoms. The average Bonchev–Trinajstić information content (AvgIpc) is 2.25. The Hall–Kier alpha value is -0.160. The molecule has 1 unspecified atom stereocenters. The predicted molar refractivity (Wildman–Crippen MR) is 62.2 cm³/mol. The van der Waals surface area contributed by atoms with Gasteiger partial charge < -0.3 is 11.1 Å². The van der Waals surface area contributed by atoms with Crippen LogP contribution in [0.1, 0.15) is 32.1 Å². The standard InChI is InChI=1S/C11H24N4/c1-13-11(12)5-4-9-14-7-2-3-8-15(14)10-6-11/h13H,2-10,12H2,1H3. The number of fused-ring (bicyclic) bond motifs is 1. The van der Waals surface area contributed by atoms with Crippen LogP contribution in [0.3, 0.4) is 0 Å². The third-order valence-corrected chi connectivity index (χ3v) is 3.84. The molecule has 0 aliphatic carbocycles. The Morgan fingerprint density at radius 1 is 0.933 bits per heavy atom. The lowest BCUT2D eigenvalue weighted by molar-refractivity contribution is -0.0657. The molecule has 88 valence electrons. The molecule has 3 N–H and O–H groups in total. The zero-order chi connectivity index (χ0) is 10.7. The lowest BCUT2D eigenvalue weighted by Gasteiger charge is -2.43. The zero-order valence-corrected chi connectivity index (χ0v) is 9.84. The van der Waals surface area contributed by atoms with Crippen LogP contribution in [-0.2, 0) is 0 Å². The fourth-order valence-electron chi connectivity index (χ4n) is 2.66. The van der Waals surface area contributed by atoms with Gasteiger partial charge in [0.25, 0.3) is 0 Å². The Bertz CT molecular complexity index is 209. The van der Waals surface area contributed by atoms with Crippen LogP contribution >= 0.6 is 0 Å². The van der Waals surface area contributed by atoms with Gasteiger partial charge >= 0.3 is 0 Å². The van der Waals surface area contributed by atoms with Crippen LogP contribution in [0.2, 0.25) is 0 Å². The molecular formula is C11H24N4. The number of nitrogens with zero attached hydrogens (tertiary/aromatic N) is 2. The maximum absolute atomic E-state index is 6.29. The number of nitrogens with two attached hydrogens (primary N) is 1. The minimum Gasteiger partial charge on any atom is -0.313 e. The minimum absolute atomic E-state index is 0.135. The average molecular weight is 212 g/mol. The van der Waals surface area contributed by atoms with Crippen LogP contribution in [0.25, 0.3) is 0 Å². The molecule has 0 aromatic rings. The van der Waals surface area contributed by atoms with Crippen LogP contribution in [0.4, 0.5) is 0 Å². The maximum atomic E-state index is 6.29. The second-order valence-electron chi connectivity index (χ2n) is 4.87. The van der Waals surface area contributed by atoms with Crippen molar-refractivity contribution in [1.29, 1.82) is 0 Å². The van der Waals surface area contributed by atoms with Crippen molar-refractivity contribution >= 4 is 0 Å².